The summed E-state index contributed by atoms with van der Waals surface area (Å²) in [6.07, 6.45) is 2.61. The third-order valence-corrected chi connectivity index (χ3v) is 6.50. The Hall–Kier alpha value is -2.56. The Morgan fingerprint density at radius 3 is 2.33 bits per heavy atom. The van der Waals surface area contributed by atoms with E-state index in [-0.39, 0.29) is 5.91 Å². The van der Waals surface area contributed by atoms with E-state index in [2.05, 4.69) is 58.7 Å². The number of thioether (sulfide) groups is 1. The van der Waals surface area contributed by atoms with Crippen molar-refractivity contribution in [2.75, 3.05) is 13.1 Å². The third-order valence-electron chi connectivity index (χ3n) is 5.41. The van der Waals surface area contributed by atoms with Crippen LogP contribution in [0.5, 0.6) is 0 Å². The van der Waals surface area contributed by atoms with Gasteiger partial charge in [0.05, 0.1) is 0 Å². The maximum Gasteiger partial charge on any atom is 0.251 e. The molecular weight excluding hydrogens is 388 g/mol. The molecular formula is C26H28N2OS. The molecule has 30 heavy (non-hydrogen) atoms. The zero-order valence-corrected chi connectivity index (χ0v) is 18.0. The smallest absolute Gasteiger partial charge is 0.251 e. The monoisotopic (exact) mass is 416 g/mol. The summed E-state index contributed by atoms with van der Waals surface area (Å²) in [5.74, 6) is 0.873. The lowest BCUT2D eigenvalue weighted by molar-refractivity contribution is 0.0951. The molecule has 4 rings (SSSR count). The zero-order valence-electron chi connectivity index (χ0n) is 17.2. The van der Waals surface area contributed by atoms with Gasteiger partial charge in [-0.15, -0.1) is 11.8 Å². The van der Waals surface area contributed by atoms with E-state index in [0.29, 0.717) is 12.1 Å². The van der Waals surface area contributed by atoms with Gasteiger partial charge in [0, 0.05) is 29.3 Å². The highest BCUT2D eigenvalue weighted by Crippen LogP contribution is 2.22. The number of nitrogens with zero attached hydrogens (tertiary/aromatic N) is 1. The van der Waals surface area contributed by atoms with E-state index >= 15 is 0 Å². The highest BCUT2D eigenvalue weighted by atomic mass is 32.2. The molecule has 0 unspecified atom stereocenters. The van der Waals surface area contributed by atoms with E-state index in [1.54, 1.807) is 11.8 Å². The molecule has 0 aliphatic carbocycles. The summed E-state index contributed by atoms with van der Waals surface area (Å²) in [4.78, 5) is 16.3. The van der Waals surface area contributed by atoms with Crippen LogP contribution in [-0.2, 0) is 18.8 Å². The quantitative estimate of drug-likeness (QED) is 0.492. The normalized spacial score (nSPS) is 14.0. The highest BCUT2D eigenvalue weighted by molar-refractivity contribution is 7.98. The second-order valence-electron chi connectivity index (χ2n) is 7.78. The predicted octanol–water partition coefficient (Wildman–Crippen LogP) is 5.50. The molecule has 0 radical (unpaired) electrons. The highest BCUT2D eigenvalue weighted by Gasteiger charge is 2.12. The van der Waals surface area contributed by atoms with E-state index < -0.39 is 0 Å². The van der Waals surface area contributed by atoms with Crippen molar-refractivity contribution in [3.63, 3.8) is 0 Å². The number of benzene rings is 3. The second-order valence-corrected chi connectivity index (χ2v) is 8.83. The Kier molecular flexibility index (Phi) is 7.22. The van der Waals surface area contributed by atoms with Crippen molar-refractivity contribution in [3.8, 4) is 0 Å². The van der Waals surface area contributed by atoms with Gasteiger partial charge in [0.2, 0.25) is 0 Å². The number of amides is 1. The van der Waals surface area contributed by atoms with Gasteiger partial charge in [-0.05, 0) is 66.9 Å². The van der Waals surface area contributed by atoms with Crippen molar-refractivity contribution in [3.05, 3.63) is 101 Å². The second kappa shape index (κ2) is 10.5. The molecule has 1 aliphatic rings. The molecule has 3 aromatic rings. The van der Waals surface area contributed by atoms with Crippen LogP contribution in [0, 0.1) is 0 Å². The van der Waals surface area contributed by atoms with Crippen LogP contribution in [0.1, 0.15) is 39.9 Å². The molecule has 1 fully saturated rings. The maximum absolute atomic E-state index is 12.5. The molecule has 1 saturated heterocycles. The molecule has 1 heterocycles. The first-order chi connectivity index (χ1) is 14.8. The van der Waals surface area contributed by atoms with Gasteiger partial charge >= 0.3 is 0 Å². The molecule has 0 bridgehead atoms. The summed E-state index contributed by atoms with van der Waals surface area (Å²) in [7, 11) is 0. The maximum atomic E-state index is 12.5. The van der Waals surface area contributed by atoms with E-state index in [1.165, 1.54) is 42.0 Å². The molecule has 1 N–H and O–H groups in total. The van der Waals surface area contributed by atoms with Gasteiger partial charge in [-0.3, -0.25) is 9.69 Å². The fourth-order valence-electron chi connectivity index (χ4n) is 3.76. The summed E-state index contributed by atoms with van der Waals surface area (Å²) in [5, 5.41) is 3.06. The van der Waals surface area contributed by atoms with Crippen LogP contribution in [0.4, 0.5) is 0 Å². The average molecular weight is 417 g/mol. The molecule has 4 heteroatoms. The number of hydrogen-bond acceptors (Lipinski definition) is 3. The van der Waals surface area contributed by atoms with Gasteiger partial charge in [0.15, 0.2) is 0 Å². The molecule has 154 valence electrons. The molecule has 0 spiro atoms. The van der Waals surface area contributed by atoms with Crippen molar-refractivity contribution >= 4 is 17.7 Å². The number of nitrogens with one attached hydrogen (secondary N) is 1. The van der Waals surface area contributed by atoms with Crippen molar-refractivity contribution in [2.45, 2.75) is 36.6 Å². The SMILES string of the molecule is O=C(NCc1cccc(CN2CCCC2)c1)c1ccc(CSc2ccccc2)cc1. The largest absolute Gasteiger partial charge is 0.348 e. The minimum Gasteiger partial charge on any atom is -0.348 e. The first-order valence-electron chi connectivity index (χ1n) is 10.6. The van der Waals surface area contributed by atoms with Crippen LogP contribution < -0.4 is 5.32 Å². The number of carbonyl (C=O) groups is 1. The van der Waals surface area contributed by atoms with Gasteiger partial charge in [0.1, 0.15) is 0 Å². The minimum atomic E-state index is -0.0257. The van der Waals surface area contributed by atoms with Crippen molar-refractivity contribution < 1.29 is 4.79 Å². The van der Waals surface area contributed by atoms with Gasteiger partial charge in [-0.25, -0.2) is 0 Å². The van der Waals surface area contributed by atoms with E-state index in [0.717, 1.165) is 17.9 Å². The average Bonchev–Trinajstić information content (AvgIpc) is 3.30. The van der Waals surface area contributed by atoms with Crippen LogP contribution in [-0.4, -0.2) is 23.9 Å². The molecule has 3 nitrogen and oxygen atoms in total. The molecule has 0 aromatic heterocycles. The zero-order chi connectivity index (χ0) is 20.6. The molecule has 0 saturated carbocycles. The Balaban J connectivity index is 1.27. The van der Waals surface area contributed by atoms with Crippen LogP contribution in [0.15, 0.2) is 83.8 Å². The first kappa shape index (κ1) is 20.7. The lowest BCUT2D eigenvalue weighted by atomic mass is 10.1. The number of likely N-dealkylation sites (tertiary alicyclic amines) is 1. The molecule has 3 aromatic carbocycles. The van der Waals surface area contributed by atoms with Gasteiger partial charge in [-0.1, -0.05) is 54.6 Å². The van der Waals surface area contributed by atoms with Gasteiger partial charge < -0.3 is 5.32 Å². The van der Waals surface area contributed by atoms with Crippen molar-refractivity contribution in [2.24, 2.45) is 0 Å². The predicted molar refractivity (Wildman–Crippen MR) is 125 cm³/mol. The van der Waals surface area contributed by atoms with Crippen LogP contribution in [0.25, 0.3) is 0 Å². The number of hydrogen-bond donors (Lipinski definition) is 1. The molecule has 1 aliphatic heterocycles. The van der Waals surface area contributed by atoms with Crippen LogP contribution >= 0.6 is 11.8 Å². The van der Waals surface area contributed by atoms with E-state index in [4.69, 9.17) is 0 Å². The van der Waals surface area contributed by atoms with Crippen molar-refractivity contribution in [1.29, 1.82) is 0 Å². The summed E-state index contributed by atoms with van der Waals surface area (Å²) >= 11 is 1.80. The Bertz CT molecular complexity index is 950. The Morgan fingerprint density at radius 2 is 1.57 bits per heavy atom. The lowest BCUT2D eigenvalue weighted by Crippen LogP contribution is -2.23. The molecule has 1 amide bonds. The fraction of sp³-hybridized carbons (Fsp3) is 0.269. The summed E-state index contributed by atoms with van der Waals surface area (Å²) in [5.41, 5.74) is 4.39. The van der Waals surface area contributed by atoms with Gasteiger partial charge in [0.25, 0.3) is 5.91 Å². The fourth-order valence-corrected chi connectivity index (χ4v) is 4.63. The Labute approximate surface area is 183 Å². The topological polar surface area (TPSA) is 32.3 Å². The van der Waals surface area contributed by atoms with E-state index in [1.807, 2.05) is 30.3 Å². The van der Waals surface area contributed by atoms with Crippen LogP contribution in [0.3, 0.4) is 0 Å². The summed E-state index contributed by atoms with van der Waals surface area (Å²) in [6, 6.07) is 26.8. The molecule has 0 atom stereocenters. The Morgan fingerprint density at radius 1 is 0.833 bits per heavy atom. The first-order valence-corrected chi connectivity index (χ1v) is 11.6. The van der Waals surface area contributed by atoms with Crippen LogP contribution in [0.2, 0.25) is 0 Å². The summed E-state index contributed by atoms with van der Waals surface area (Å²) < 4.78 is 0. The number of rotatable bonds is 8. The number of carbonyl (C=O) groups excluding carboxylic acids is 1. The van der Waals surface area contributed by atoms with E-state index in [9.17, 15) is 4.79 Å². The van der Waals surface area contributed by atoms with Gasteiger partial charge in [-0.2, -0.15) is 0 Å². The lowest BCUT2D eigenvalue weighted by Gasteiger charge is -2.15. The third kappa shape index (κ3) is 5.97. The summed E-state index contributed by atoms with van der Waals surface area (Å²) in [6.45, 7) is 3.95. The standard InChI is InChI=1S/C26H28N2OS/c29-26(24-13-11-21(12-14-24)20-30-25-9-2-1-3-10-25)27-18-22-7-6-8-23(17-22)19-28-15-4-5-16-28/h1-3,6-14,17H,4-5,15-16,18-20H2,(H,27,29). The van der Waals surface area contributed by atoms with Crippen molar-refractivity contribution in [1.82, 2.24) is 10.2 Å². The minimum absolute atomic E-state index is 0.0257.